The van der Waals surface area contributed by atoms with Crippen LogP contribution in [0.2, 0.25) is 0 Å². The molecule has 3 rings (SSSR count). The van der Waals surface area contributed by atoms with Crippen LogP contribution in [-0.4, -0.2) is 31.9 Å². The molecule has 0 fully saturated rings. The Balaban J connectivity index is 2.21. The van der Waals surface area contributed by atoms with E-state index in [2.05, 4.69) is 19.9 Å². The first-order valence-corrected chi connectivity index (χ1v) is 7.68. The first kappa shape index (κ1) is 17.5. The molecule has 3 aromatic rings. The fraction of sp³-hybridized carbons (Fsp3) is 0.214. The number of rotatable bonds is 3. The molecular formula is C14H8F6N4S. The zero-order valence-corrected chi connectivity index (χ0v) is 12.9. The van der Waals surface area contributed by atoms with E-state index in [1.807, 2.05) is 0 Å². The highest BCUT2D eigenvalue weighted by molar-refractivity contribution is 7.99. The summed E-state index contributed by atoms with van der Waals surface area (Å²) in [6, 6.07) is 1.24. The van der Waals surface area contributed by atoms with E-state index in [0.717, 1.165) is 6.20 Å². The Morgan fingerprint density at radius 3 is 2.48 bits per heavy atom. The predicted octanol–water partition coefficient (Wildman–Crippen LogP) is 4.69. The lowest BCUT2D eigenvalue weighted by molar-refractivity contribution is -0.137. The standard InChI is InChI=1S/C14H8F6N4S/c15-13(16,17)5-25-9-4-21-2-1-7(9)10-8(14(18,19)20)3-22-12-11(10)23-6-24-12/h1-4,6H,5H2,(H,22,23,24). The minimum atomic E-state index is -4.74. The highest BCUT2D eigenvalue weighted by Gasteiger charge is 2.36. The van der Waals surface area contributed by atoms with Crippen molar-refractivity contribution in [2.24, 2.45) is 0 Å². The van der Waals surface area contributed by atoms with Crippen molar-refractivity contribution in [2.75, 3.05) is 5.75 Å². The van der Waals surface area contributed by atoms with E-state index in [0.29, 0.717) is 18.0 Å². The van der Waals surface area contributed by atoms with Crippen molar-refractivity contribution in [1.82, 2.24) is 19.9 Å². The van der Waals surface area contributed by atoms with Crippen molar-refractivity contribution in [3.63, 3.8) is 0 Å². The molecule has 0 saturated heterocycles. The number of halogens is 6. The molecule has 0 aliphatic rings. The molecule has 132 valence electrons. The number of nitrogens with zero attached hydrogens (tertiary/aromatic N) is 3. The first-order valence-electron chi connectivity index (χ1n) is 6.70. The number of hydrogen-bond acceptors (Lipinski definition) is 4. The normalized spacial score (nSPS) is 12.7. The van der Waals surface area contributed by atoms with Gasteiger partial charge in [0.05, 0.1) is 23.2 Å². The third-order valence-electron chi connectivity index (χ3n) is 3.21. The van der Waals surface area contributed by atoms with E-state index < -0.39 is 23.7 Å². The molecule has 25 heavy (non-hydrogen) atoms. The van der Waals surface area contributed by atoms with Crippen LogP contribution in [0.1, 0.15) is 5.56 Å². The van der Waals surface area contributed by atoms with Crippen LogP contribution in [0.25, 0.3) is 22.3 Å². The molecule has 0 amide bonds. The maximum absolute atomic E-state index is 13.4. The average Bonchev–Trinajstić information content (AvgIpc) is 2.99. The molecule has 0 aromatic carbocycles. The van der Waals surface area contributed by atoms with Gasteiger partial charge in [0.2, 0.25) is 0 Å². The van der Waals surface area contributed by atoms with E-state index in [1.54, 1.807) is 0 Å². The van der Waals surface area contributed by atoms with Crippen LogP contribution >= 0.6 is 11.8 Å². The van der Waals surface area contributed by atoms with Crippen molar-refractivity contribution < 1.29 is 26.3 Å². The lowest BCUT2D eigenvalue weighted by atomic mass is 10.0. The van der Waals surface area contributed by atoms with E-state index in [9.17, 15) is 26.3 Å². The average molecular weight is 378 g/mol. The van der Waals surface area contributed by atoms with Crippen LogP contribution < -0.4 is 0 Å². The summed E-state index contributed by atoms with van der Waals surface area (Å²) in [6.45, 7) is 0. The third-order valence-corrected chi connectivity index (χ3v) is 4.31. The van der Waals surface area contributed by atoms with E-state index in [-0.39, 0.29) is 27.2 Å². The van der Waals surface area contributed by atoms with Gasteiger partial charge in [0.1, 0.15) is 0 Å². The predicted molar refractivity (Wildman–Crippen MR) is 78.9 cm³/mol. The molecule has 0 radical (unpaired) electrons. The van der Waals surface area contributed by atoms with Crippen molar-refractivity contribution >= 4 is 22.9 Å². The minimum absolute atomic E-state index is 0.00474. The van der Waals surface area contributed by atoms with Crippen molar-refractivity contribution in [3.8, 4) is 11.1 Å². The van der Waals surface area contributed by atoms with Crippen molar-refractivity contribution in [2.45, 2.75) is 17.2 Å². The zero-order valence-electron chi connectivity index (χ0n) is 12.1. The summed E-state index contributed by atoms with van der Waals surface area (Å²) >= 11 is 0.370. The summed E-state index contributed by atoms with van der Waals surface area (Å²) in [5, 5.41) is 0. The van der Waals surface area contributed by atoms with Gasteiger partial charge in [-0.3, -0.25) is 4.98 Å². The van der Waals surface area contributed by atoms with E-state index >= 15 is 0 Å². The van der Waals surface area contributed by atoms with Gasteiger partial charge in [-0.25, -0.2) is 9.97 Å². The second-order valence-electron chi connectivity index (χ2n) is 4.92. The number of nitrogens with one attached hydrogen (secondary N) is 1. The number of aromatic nitrogens is 4. The van der Waals surface area contributed by atoms with Gasteiger partial charge < -0.3 is 4.98 Å². The fourth-order valence-electron chi connectivity index (χ4n) is 2.25. The molecule has 4 nitrogen and oxygen atoms in total. The Morgan fingerprint density at radius 1 is 1.04 bits per heavy atom. The fourth-order valence-corrected chi connectivity index (χ4v) is 3.03. The summed E-state index contributed by atoms with van der Waals surface area (Å²) < 4.78 is 77.7. The van der Waals surface area contributed by atoms with Gasteiger partial charge in [-0.1, -0.05) is 0 Å². The first-order chi connectivity index (χ1) is 11.7. The van der Waals surface area contributed by atoms with Gasteiger partial charge in [-0.15, -0.1) is 11.8 Å². The number of H-pyrrole nitrogens is 1. The second-order valence-corrected chi connectivity index (χ2v) is 5.94. The summed E-state index contributed by atoms with van der Waals surface area (Å²) in [5.74, 6) is -1.25. The van der Waals surface area contributed by atoms with Crippen LogP contribution in [0.5, 0.6) is 0 Å². The molecule has 3 aromatic heterocycles. The van der Waals surface area contributed by atoms with E-state index in [4.69, 9.17) is 0 Å². The lowest BCUT2D eigenvalue weighted by Crippen LogP contribution is -2.11. The number of imidazole rings is 1. The van der Waals surface area contributed by atoms with Gasteiger partial charge in [-0.05, 0) is 6.07 Å². The minimum Gasteiger partial charge on any atom is -0.343 e. The molecule has 3 heterocycles. The largest absolute Gasteiger partial charge is 0.418 e. The Morgan fingerprint density at radius 2 is 1.80 bits per heavy atom. The Hall–Kier alpha value is -2.30. The summed E-state index contributed by atoms with van der Waals surface area (Å²) in [7, 11) is 0. The summed E-state index contributed by atoms with van der Waals surface area (Å²) in [4.78, 5) is 13.7. The summed E-state index contributed by atoms with van der Waals surface area (Å²) in [5.41, 5.74) is -1.36. The number of hydrogen-bond donors (Lipinski definition) is 1. The Bertz CT molecular complexity index is 902. The van der Waals surface area contributed by atoms with Crippen LogP contribution in [0.15, 0.2) is 35.9 Å². The maximum Gasteiger partial charge on any atom is 0.418 e. The number of pyridine rings is 2. The quantitative estimate of drug-likeness (QED) is 0.531. The summed E-state index contributed by atoms with van der Waals surface area (Å²) in [6.07, 6.45) is -5.09. The third kappa shape index (κ3) is 3.70. The SMILES string of the molecule is FC(F)(F)CSc1cnccc1-c1c(C(F)(F)F)cnc2nc[nH]c12. The van der Waals surface area contributed by atoms with Gasteiger partial charge >= 0.3 is 12.4 Å². The number of thioether (sulfide) groups is 1. The van der Waals surface area contributed by atoms with Gasteiger partial charge in [0.15, 0.2) is 5.65 Å². The second kappa shape index (κ2) is 6.21. The number of fused-ring (bicyclic) bond motifs is 1. The molecular weight excluding hydrogens is 370 g/mol. The maximum atomic E-state index is 13.4. The van der Waals surface area contributed by atoms with Crippen molar-refractivity contribution in [1.29, 1.82) is 0 Å². The van der Waals surface area contributed by atoms with Crippen LogP contribution in [0.4, 0.5) is 26.3 Å². The topological polar surface area (TPSA) is 54.5 Å². The molecule has 0 saturated carbocycles. The number of alkyl halides is 6. The van der Waals surface area contributed by atoms with Gasteiger partial charge in [0, 0.05) is 34.6 Å². The van der Waals surface area contributed by atoms with Crippen molar-refractivity contribution in [3.05, 3.63) is 36.5 Å². The Kier molecular flexibility index (Phi) is 4.35. The Labute approximate surface area is 140 Å². The van der Waals surface area contributed by atoms with Crippen LogP contribution in [-0.2, 0) is 6.18 Å². The van der Waals surface area contributed by atoms with Crippen LogP contribution in [0.3, 0.4) is 0 Å². The highest BCUT2D eigenvalue weighted by Crippen LogP contribution is 2.43. The molecule has 0 bridgehead atoms. The zero-order chi connectivity index (χ0) is 18.2. The number of aromatic amines is 1. The molecule has 0 aliphatic carbocycles. The molecule has 0 aliphatic heterocycles. The monoisotopic (exact) mass is 378 g/mol. The smallest absolute Gasteiger partial charge is 0.343 e. The molecule has 0 unspecified atom stereocenters. The molecule has 11 heteroatoms. The van der Waals surface area contributed by atoms with Crippen LogP contribution in [0, 0.1) is 0 Å². The molecule has 0 spiro atoms. The molecule has 1 N–H and O–H groups in total. The molecule has 0 atom stereocenters. The highest BCUT2D eigenvalue weighted by atomic mass is 32.2. The van der Waals surface area contributed by atoms with E-state index in [1.165, 1.54) is 18.6 Å². The van der Waals surface area contributed by atoms with Gasteiger partial charge in [-0.2, -0.15) is 26.3 Å². The lowest BCUT2D eigenvalue weighted by Gasteiger charge is -2.16. The van der Waals surface area contributed by atoms with Gasteiger partial charge in [0.25, 0.3) is 0 Å².